The highest BCUT2D eigenvalue weighted by molar-refractivity contribution is 7.99. The second kappa shape index (κ2) is 5.08. The van der Waals surface area contributed by atoms with Crippen molar-refractivity contribution >= 4 is 23.6 Å². The fourth-order valence-corrected chi connectivity index (χ4v) is 3.52. The maximum absolute atomic E-state index is 12.1. The molecule has 0 aliphatic carbocycles. The number of amides is 2. The van der Waals surface area contributed by atoms with Gasteiger partial charge in [-0.25, -0.2) is 0 Å². The fraction of sp³-hybridized carbons (Fsp3) is 0.818. The summed E-state index contributed by atoms with van der Waals surface area (Å²) in [7, 11) is 0. The molecule has 2 amide bonds. The van der Waals surface area contributed by atoms with Crippen LogP contribution in [0.25, 0.3) is 0 Å². The minimum absolute atomic E-state index is 0.00468. The van der Waals surface area contributed by atoms with E-state index in [1.165, 1.54) is 0 Å². The highest BCUT2D eigenvalue weighted by Gasteiger charge is 2.36. The molecule has 2 aliphatic heterocycles. The molecule has 0 saturated carbocycles. The molecule has 5 heteroatoms. The van der Waals surface area contributed by atoms with E-state index in [1.807, 2.05) is 18.7 Å². The monoisotopic (exact) mass is 242 g/mol. The maximum Gasteiger partial charge on any atom is 0.245 e. The fourth-order valence-electron chi connectivity index (χ4n) is 2.30. The first-order chi connectivity index (χ1) is 7.72. The summed E-state index contributed by atoms with van der Waals surface area (Å²) in [5, 5.41) is 2.78. The first-order valence-corrected chi connectivity index (χ1v) is 7.05. The van der Waals surface area contributed by atoms with Crippen molar-refractivity contribution in [2.75, 3.05) is 18.1 Å². The van der Waals surface area contributed by atoms with Gasteiger partial charge in [-0.15, -0.1) is 0 Å². The Morgan fingerprint density at radius 1 is 1.50 bits per heavy atom. The molecule has 2 atom stereocenters. The van der Waals surface area contributed by atoms with E-state index in [0.717, 1.165) is 30.8 Å². The molecule has 2 fully saturated rings. The van der Waals surface area contributed by atoms with E-state index in [-0.39, 0.29) is 30.4 Å². The molecule has 90 valence electrons. The summed E-state index contributed by atoms with van der Waals surface area (Å²) >= 11 is 1.87. The lowest BCUT2D eigenvalue weighted by atomic mass is 10.1. The topological polar surface area (TPSA) is 49.4 Å². The van der Waals surface area contributed by atoms with Gasteiger partial charge in [-0.3, -0.25) is 9.59 Å². The number of nitrogens with zero attached hydrogens (tertiary/aromatic N) is 1. The Morgan fingerprint density at radius 3 is 2.94 bits per heavy atom. The molecule has 0 spiro atoms. The van der Waals surface area contributed by atoms with Crippen molar-refractivity contribution in [2.24, 2.45) is 0 Å². The van der Waals surface area contributed by atoms with Gasteiger partial charge in [0.2, 0.25) is 11.8 Å². The van der Waals surface area contributed by atoms with Crippen molar-refractivity contribution in [3.63, 3.8) is 0 Å². The second-order valence-electron chi connectivity index (χ2n) is 4.39. The molecule has 16 heavy (non-hydrogen) atoms. The smallest absolute Gasteiger partial charge is 0.245 e. The summed E-state index contributed by atoms with van der Waals surface area (Å²) in [5.41, 5.74) is 0. The molecule has 4 nitrogen and oxygen atoms in total. The zero-order valence-corrected chi connectivity index (χ0v) is 10.4. The molecule has 0 aromatic rings. The Balaban J connectivity index is 2.05. The van der Waals surface area contributed by atoms with Crippen molar-refractivity contribution in [1.82, 2.24) is 10.2 Å². The molecule has 0 aromatic carbocycles. The van der Waals surface area contributed by atoms with Crippen LogP contribution in [-0.4, -0.2) is 46.8 Å². The normalized spacial score (nSPS) is 30.7. The number of hydrogen-bond donors (Lipinski definition) is 1. The average molecular weight is 242 g/mol. The molecule has 2 heterocycles. The van der Waals surface area contributed by atoms with Gasteiger partial charge in [0.1, 0.15) is 6.04 Å². The van der Waals surface area contributed by atoms with E-state index in [4.69, 9.17) is 0 Å². The number of carbonyl (C=O) groups excluding carboxylic acids is 2. The van der Waals surface area contributed by atoms with Crippen LogP contribution in [-0.2, 0) is 9.59 Å². The van der Waals surface area contributed by atoms with E-state index in [1.54, 1.807) is 4.90 Å². The van der Waals surface area contributed by atoms with Crippen molar-refractivity contribution in [1.29, 1.82) is 0 Å². The van der Waals surface area contributed by atoms with Crippen LogP contribution in [0.15, 0.2) is 0 Å². The van der Waals surface area contributed by atoms with E-state index < -0.39 is 0 Å². The summed E-state index contributed by atoms with van der Waals surface area (Å²) in [6, 6.07) is -0.000226. The summed E-state index contributed by atoms with van der Waals surface area (Å²) in [6.45, 7) is 2.29. The minimum Gasteiger partial charge on any atom is -0.343 e. The maximum atomic E-state index is 12.1. The van der Waals surface area contributed by atoms with Crippen LogP contribution >= 0.6 is 11.8 Å². The van der Waals surface area contributed by atoms with Crippen LogP contribution in [0.3, 0.4) is 0 Å². The van der Waals surface area contributed by atoms with Gasteiger partial charge in [0.05, 0.1) is 6.54 Å². The van der Waals surface area contributed by atoms with Gasteiger partial charge in [0.25, 0.3) is 0 Å². The van der Waals surface area contributed by atoms with Crippen LogP contribution < -0.4 is 5.32 Å². The molecular formula is C11H18N2O2S. The zero-order valence-electron chi connectivity index (χ0n) is 9.57. The summed E-state index contributed by atoms with van der Waals surface area (Å²) in [5.74, 6) is 2.20. The van der Waals surface area contributed by atoms with Crippen LogP contribution in [0.1, 0.15) is 26.2 Å². The second-order valence-corrected chi connectivity index (χ2v) is 5.54. The zero-order chi connectivity index (χ0) is 11.5. The highest BCUT2D eigenvalue weighted by atomic mass is 32.2. The number of piperazine rings is 1. The lowest BCUT2D eigenvalue weighted by Gasteiger charge is -2.36. The van der Waals surface area contributed by atoms with E-state index >= 15 is 0 Å². The lowest BCUT2D eigenvalue weighted by Crippen LogP contribution is -2.60. The van der Waals surface area contributed by atoms with E-state index in [2.05, 4.69) is 5.32 Å². The minimum atomic E-state index is -0.281. The molecular weight excluding hydrogens is 224 g/mol. The highest BCUT2D eigenvalue weighted by Crippen LogP contribution is 2.24. The molecule has 2 saturated heterocycles. The largest absolute Gasteiger partial charge is 0.343 e. The number of nitrogens with one attached hydrogen (secondary N) is 1. The number of hydrogen-bond acceptors (Lipinski definition) is 3. The third kappa shape index (κ3) is 2.34. The molecule has 0 radical (unpaired) electrons. The van der Waals surface area contributed by atoms with Crippen LogP contribution in [0.4, 0.5) is 0 Å². The van der Waals surface area contributed by atoms with Crippen molar-refractivity contribution in [3.05, 3.63) is 0 Å². The molecule has 0 bridgehead atoms. The van der Waals surface area contributed by atoms with Gasteiger partial charge in [-0.05, 0) is 18.6 Å². The number of carbonyl (C=O) groups is 2. The van der Waals surface area contributed by atoms with Crippen molar-refractivity contribution < 1.29 is 9.59 Å². The molecule has 2 rings (SSSR count). The first kappa shape index (κ1) is 11.8. The molecule has 0 aromatic heterocycles. The first-order valence-electron chi connectivity index (χ1n) is 5.90. The Kier molecular flexibility index (Phi) is 3.74. The Labute approximate surface area is 100 Å². The predicted molar refractivity (Wildman–Crippen MR) is 64.3 cm³/mol. The van der Waals surface area contributed by atoms with Crippen LogP contribution in [0, 0.1) is 0 Å². The Hall–Kier alpha value is -0.710. The third-order valence-corrected chi connectivity index (χ3v) is 4.30. The molecule has 2 unspecified atom stereocenters. The van der Waals surface area contributed by atoms with E-state index in [0.29, 0.717) is 0 Å². The van der Waals surface area contributed by atoms with Crippen LogP contribution in [0.2, 0.25) is 0 Å². The lowest BCUT2D eigenvalue weighted by molar-refractivity contribution is -0.146. The van der Waals surface area contributed by atoms with Gasteiger partial charge in [0, 0.05) is 11.8 Å². The van der Waals surface area contributed by atoms with Crippen molar-refractivity contribution in [3.8, 4) is 0 Å². The van der Waals surface area contributed by atoms with E-state index in [9.17, 15) is 9.59 Å². The van der Waals surface area contributed by atoms with Crippen LogP contribution in [0.5, 0.6) is 0 Å². The van der Waals surface area contributed by atoms with Gasteiger partial charge in [-0.2, -0.15) is 11.8 Å². The van der Waals surface area contributed by atoms with Gasteiger partial charge in [-0.1, -0.05) is 13.3 Å². The molecule has 1 N–H and O–H groups in total. The SMILES string of the molecule is CCCC1NC(=O)CN(C2CCSC2)C1=O. The van der Waals surface area contributed by atoms with Gasteiger partial charge in [0.15, 0.2) is 0 Å². The summed E-state index contributed by atoms with van der Waals surface area (Å²) in [6.07, 6.45) is 2.70. The third-order valence-electron chi connectivity index (χ3n) is 3.15. The van der Waals surface area contributed by atoms with Gasteiger partial charge >= 0.3 is 0 Å². The molecule has 2 aliphatic rings. The van der Waals surface area contributed by atoms with Crippen molar-refractivity contribution in [2.45, 2.75) is 38.3 Å². The Morgan fingerprint density at radius 2 is 2.31 bits per heavy atom. The predicted octanol–water partition coefficient (Wildman–Crippen LogP) is 0.619. The number of thioether (sulfide) groups is 1. The quantitative estimate of drug-likeness (QED) is 0.789. The standard InChI is InChI=1S/C11H18N2O2S/c1-2-3-9-11(15)13(6-10(14)12-9)8-4-5-16-7-8/h8-9H,2-7H2,1H3,(H,12,14). The summed E-state index contributed by atoms with van der Waals surface area (Å²) in [4.78, 5) is 25.5. The average Bonchev–Trinajstić information content (AvgIpc) is 2.76. The number of rotatable bonds is 3. The Bertz CT molecular complexity index is 290. The summed E-state index contributed by atoms with van der Waals surface area (Å²) < 4.78 is 0. The van der Waals surface area contributed by atoms with Gasteiger partial charge < -0.3 is 10.2 Å².